The molecule has 0 atom stereocenters. The average Bonchev–Trinajstić information content (AvgIpc) is 2.47. The summed E-state index contributed by atoms with van der Waals surface area (Å²) in [6, 6.07) is 9.33. The third-order valence-electron chi connectivity index (χ3n) is 1.74. The highest BCUT2D eigenvalue weighted by atomic mass is 16.3. The quantitative estimate of drug-likeness (QED) is 0.562. The first-order valence-electron chi connectivity index (χ1n) is 3.96. The van der Waals surface area contributed by atoms with E-state index in [-0.39, 0.29) is 5.88 Å². The largest absolute Gasteiger partial charge is 0.838 e. The van der Waals surface area contributed by atoms with E-state index in [1.807, 2.05) is 30.3 Å². The summed E-state index contributed by atoms with van der Waals surface area (Å²) in [5, 5.41) is 15.3. The van der Waals surface area contributed by atoms with Crippen molar-refractivity contribution in [3.8, 4) is 11.6 Å². The molecular formula is C9H9N3O. The van der Waals surface area contributed by atoms with Crippen molar-refractivity contribution in [1.82, 2.24) is 9.90 Å². The minimum atomic E-state index is -0.117. The molecule has 1 aromatic heterocycles. The Morgan fingerprint density at radius 2 is 2.00 bits per heavy atom. The molecular weight excluding hydrogens is 166 g/mol. The Bertz CT molecular complexity index is 408. The van der Waals surface area contributed by atoms with Crippen LogP contribution < -0.4 is 9.79 Å². The van der Waals surface area contributed by atoms with Crippen LogP contribution in [-0.2, 0) is 7.05 Å². The Hall–Kier alpha value is -1.84. The molecule has 66 valence electrons. The number of para-hydroxylation sites is 1. The molecule has 0 fully saturated rings. The van der Waals surface area contributed by atoms with Gasteiger partial charge in [-0.3, -0.25) is 0 Å². The van der Waals surface area contributed by atoms with E-state index in [0.717, 1.165) is 5.69 Å². The summed E-state index contributed by atoms with van der Waals surface area (Å²) in [6.07, 6.45) is 1.44. The van der Waals surface area contributed by atoms with Gasteiger partial charge in [0.05, 0.1) is 5.21 Å². The van der Waals surface area contributed by atoms with Crippen LogP contribution in [0.5, 0.6) is 5.88 Å². The molecule has 2 rings (SSSR count). The zero-order valence-corrected chi connectivity index (χ0v) is 7.21. The van der Waals surface area contributed by atoms with Crippen molar-refractivity contribution in [3.63, 3.8) is 0 Å². The lowest BCUT2D eigenvalue weighted by atomic mass is 10.3. The second-order valence-corrected chi connectivity index (χ2v) is 2.78. The van der Waals surface area contributed by atoms with Gasteiger partial charge in [-0.2, -0.15) is 0 Å². The monoisotopic (exact) mass is 175 g/mol. The van der Waals surface area contributed by atoms with Crippen molar-refractivity contribution in [2.24, 2.45) is 7.05 Å². The van der Waals surface area contributed by atoms with Gasteiger partial charge >= 0.3 is 0 Å². The van der Waals surface area contributed by atoms with E-state index in [1.54, 1.807) is 7.05 Å². The molecule has 0 aliphatic rings. The summed E-state index contributed by atoms with van der Waals surface area (Å²) in [4.78, 5) is 0. The van der Waals surface area contributed by atoms with Crippen LogP contribution in [0.25, 0.3) is 5.69 Å². The first-order valence-corrected chi connectivity index (χ1v) is 3.96. The summed E-state index contributed by atoms with van der Waals surface area (Å²) in [6.45, 7) is 0. The van der Waals surface area contributed by atoms with Gasteiger partial charge in [-0.1, -0.05) is 18.2 Å². The smallest absolute Gasteiger partial charge is 0.155 e. The second kappa shape index (κ2) is 2.90. The highest BCUT2D eigenvalue weighted by Gasteiger charge is 2.07. The first-order chi connectivity index (χ1) is 6.27. The molecule has 0 bridgehead atoms. The van der Waals surface area contributed by atoms with Gasteiger partial charge in [0.1, 0.15) is 19.1 Å². The van der Waals surface area contributed by atoms with Gasteiger partial charge in [-0.25, -0.2) is 0 Å². The maximum absolute atomic E-state index is 11.3. The third kappa shape index (κ3) is 1.38. The molecule has 1 heterocycles. The van der Waals surface area contributed by atoms with Crippen LogP contribution in [0.15, 0.2) is 36.5 Å². The molecule has 1 aromatic carbocycles. The highest BCUT2D eigenvalue weighted by Crippen LogP contribution is 2.09. The fourth-order valence-electron chi connectivity index (χ4n) is 1.17. The van der Waals surface area contributed by atoms with E-state index >= 15 is 0 Å². The molecule has 0 radical (unpaired) electrons. The summed E-state index contributed by atoms with van der Waals surface area (Å²) >= 11 is 0. The molecule has 0 spiro atoms. The molecule has 0 saturated carbocycles. The normalized spacial score (nSPS) is 10.2. The van der Waals surface area contributed by atoms with E-state index in [0.29, 0.717) is 0 Å². The van der Waals surface area contributed by atoms with Crippen LogP contribution >= 0.6 is 0 Å². The predicted octanol–water partition coefficient (Wildman–Crippen LogP) is -0.230. The molecule has 2 aromatic rings. The molecule has 4 nitrogen and oxygen atoms in total. The predicted molar refractivity (Wildman–Crippen MR) is 44.2 cm³/mol. The maximum atomic E-state index is 11.3. The van der Waals surface area contributed by atoms with Gasteiger partial charge in [-0.05, 0) is 12.1 Å². The van der Waals surface area contributed by atoms with Gasteiger partial charge in [0, 0.05) is 0 Å². The van der Waals surface area contributed by atoms with Crippen molar-refractivity contribution in [2.75, 3.05) is 0 Å². The van der Waals surface area contributed by atoms with Gasteiger partial charge in [0.2, 0.25) is 0 Å². The molecule has 0 aliphatic heterocycles. The lowest BCUT2D eigenvalue weighted by molar-refractivity contribution is -0.732. The molecule has 0 unspecified atom stereocenters. The average molecular weight is 175 g/mol. The Kier molecular flexibility index (Phi) is 1.73. The van der Waals surface area contributed by atoms with Crippen molar-refractivity contribution in [3.05, 3.63) is 36.5 Å². The number of hydrogen-bond donors (Lipinski definition) is 0. The summed E-state index contributed by atoms with van der Waals surface area (Å²) < 4.78 is 2.86. The number of aryl methyl sites for hydroxylation is 1. The summed E-state index contributed by atoms with van der Waals surface area (Å²) in [7, 11) is 1.72. The molecule has 13 heavy (non-hydrogen) atoms. The SMILES string of the molecule is C[n+]1cc([O-])n(-c2ccccc2)n1. The fraction of sp³-hybridized carbons (Fsp3) is 0.111. The molecule has 0 amide bonds. The van der Waals surface area contributed by atoms with Gasteiger partial charge in [0.25, 0.3) is 0 Å². The van der Waals surface area contributed by atoms with E-state index in [2.05, 4.69) is 5.21 Å². The molecule has 0 N–H and O–H groups in total. The summed E-state index contributed by atoms with van der Waals surface area (Å²) in [5.74, 6) is -0.117. The zero-order valence-electron chi connectivity index (χ0n) is 7.21. The van der Waals surface area contributed by atoms with Crippen LogP contribution in [0.3, 0.4) is 0 Å². The van der Waals surface area contributed by atoms with Crippen molar-refractivity contribution in [2.45, 2.75) is 0 Å². The number of aromatic nitrogens is 3. The second-order valence-electron chi connectivity index (χ2n) is 2.78. The number of hydrogen-bond acceptors (Lipinski definition) is 2. The standard InChI is InChI=1S/C9H9N3O/c1-11-7-9(13)12(10-11)8-5-3-2-4-6-8/h2-7H,1H3. The van der Waals surface area contributed by atoms with E-state index in [1.165, 1.54) is 15.6 Å². The van der Waals surface area contributed by atoms with Crippen molar-refractivity contribution < 1.29 is 9.79 Å². The van der Waals surface area contributed by atoms with Crippen LogP contribution in [0.2, 0.25) is 0 Å². The maximum Gasteiger partial charge on any atom is 0.155 e. The van der Waals surface area contributed by atoms with Gasteiger partial charge < -0.3 is 5.11 Å². The van der Waals surface area contributed by atoms with E-state index < -0.39 is 0 Å². The Morgan fingerprint density at radius 3 is 2.54 bits per heavy atom. The Balaban J connectivity index is 2.53. The van der Waals surface area contributed by atoms with Crippen molar-refractivity contribution in [1.29, 1.82) is 0 Å². The van der Waals surface area contributed by atoms with Crippen LogP contribution in [0.1, 0.15) is 0 Å². The number of rotatable bonds is 1. The Labute approximate surface area is 75.7 Å². The molecule has 4 heteroatoms. The third-order valence-corrected chi connectivity index (χ3v) is 1.74. The lowest BCUT2D eigenvalue weighted by Crippen LogP contribution is -2.30. The van der Waals surface area contributed by atoms with Crippen LogP contribution in [0, 0.1) is 0 Å². The first kappa shape index (κ1) is 7.79. The minimum Gasteiger partial charge on any atom is -0.838 e. The highest BCUT2D eigenvalue weighted by molar-refractivity contribution is 5.31. The molecule has 0 aliphatic carbocycles. The van der Waals surface area contributed by atoms with Crippen molar-refractivity contribution >= 4 is 0 Å². The number of benzene rings is 1. The lowest BCUT2D eigenvalue weighted by Gasteiger charge is -1.98. The summed E-state index contributed by atoms with van der Waals surface area (Å²) in [5.41, 5.74) is 0.785. The minimum absolute atomic E-state index is 0.117. The zero-order chi connectivity index (χ0) is 9.26. The van der Waals surface area contributed by atoms with Crippen LogP contribution in [0.4, 0.5) is 0 Å². The van der Waals surface area contributed by atoms with Gasteiger partial charge in [-0.15, -0.1) is 9.36 Å². The topological polar surface area (TPSA) is 44.8 Å². The van der Waals surface area contributed by atoms with Crippen LogP contribution in [-0.4, -0.2) is 9.90 Å². The van der Waals surface area contributed by atoms with Gasteiger partial charge in [0.15, 0.2) is 5.69 Å². The van der Waals surface area contributed by atoms with E-state index in [9.17, 15) is 5.11 Å². The van der Waals surface area contributed by atoms with E-state index in [4.69, 9.17) is 0 Å². The Morgan fingerprint density at radius 1 is 1.31 bits per heavy atom. The number of nitrogens with zero attached hydrogens (tertiary/aromatic N) is 3. The fourth-order valence-corrected chi connectivity index (χ4v) is 1.17. The molecule has 0 saturated heterocycles.